The molecule has 1 fully saturated rings. The molecule has 0 unspecified atom stereocenters. The van der Waals surface area contributed by atoms with Crippen LogP contribution in [0.3, 0.4) is 0 Å². The maximum Gasteiger partial charge on any atom is 0.325 e. The van der Waals surface area contributed by atoms with Gasteiger partial charge in [0.2, 0.25) is 0 Å². The fraction of sp³-hybridized carbons (Fsp3) is 0.318. The highest BCUT2D eigenvalue weighted by atomic mass is 16.6. The van der Waals surface area contributed by atoms with Crippen LogP contribution in [-0.4, -0.2) is 34.1 Å². The van der Waals surface area contributed by atoms with Crippen molar-refractivity contribution in [1.82, 2.24) is 10.2 Å². The van der Waals surface area contributed by atoms with Gasteiger partial charge in [0.1, 0.15) is 5.54 Å². The number of carbonyl (C=O) groups excluding carboxylic acids is 3. The number of non-ortho nitro benzene ring substituents is 1. The molecular formula is C22H21N3O5. The first-order valence-electron chi connectivity index (χ1n) is 9.83. The summed E-state index contributed by atoms with van der Waals surface area (Å²) in [5.74, 6) is -0.868. The summed E-state index contributed by atoms with van der Waals surface area (Å²) in [6.45, 7) is 1.17. The second-order valence-electron chi connectivity index (χ2n) is 7.86. The predicted molar refractivity (Wildman–Crippen MR) is 108 cm³/mol. The highest BCUT2D eigenvalue weighted by Crippen LogP contribution is 2.30. The fourth-order valence-corrected chi connectivity index (χ4v) is 4.09. The number of carbonyl (C=O) groups is 3. The Bertz CT molecular complexity index is 1060. The number of imide groups is 1. The maximum absolute atomic E-state index is 13.0. The third-order valence-corrected chi connectivity index (χ3v) is 5.90. The normalized spacial score (nSPS) is 20.6. The fourth-order valence-electron chi connectivity index (χ4n) is 4.09. The van der Waals surface area contributed by atoms with E-state index in [1.807, 2.05) is 12.1 Å². The van der Waals surface area contributed by atoms with Crippen molar-refractivity contribution in [3.8, 4) is 0 Å². The van der Waals surface area contributed by atoms with Gasteiger partial charge in [-0.3, -0.25) is 24.6 Å². The molecule has 2 aromatic carbocycles. The number of rotatable bonds is 5. The number of hydrogen-bond donors (Lipinski definition) is 1. The summed E-state index contributed by atoms with van der Waals surface area (Å²) >= 11 is 0. The van der Waals surface area contributed by atoms with Crippen LogP contribution in [0.1, 0.15) is 46.8 Å². The molecule has 0 aromatic heterocycles. The largest absolute Gasteiger partial charge is 0.325 e. The van der Waals surface area contributed by atoms with Crippen LogP contribution in [0, 0.1) is 10.1 Å². The van der Waals surface area contributed by atoms with E-state index in [0.717, 1.165) is 36.1 Å². The van der Waals surface area contributed by atoms with E-state index in [1.54, 1.807) is 6.07 Å². The summed E-state index contributed by atoms with van der Waals surface area (Å²) in [4.78, 5) is 49.5. The van der Waals surface area contributed by atoms with Crippen molar-refractivity contribution in [1.29, 1.82) is 0 Å². The second kappa shape index (κ2) is 7.37. The molecule has 0 radical (unpaired) electrons. The number of nitro groups is 1. The van der Waals surface area contributed by atoms with E-state index in [4.69, 9.17) is 0 Å². The van der Waals surface area contributed by atoms with Crippen molar-refractivity contribution >= 4 is 23.4 Å². The Morgan fingerprint density at radius 1 is 1.10 bits per heavy atom. The first kappa shape index (κ1) is 19.8. The SMILES string of the molecule is C[C@]1(c2ccc([N+](=O)[O-])cc2)NC(=O)N(CC(=O)c2ccc3c(c2)CCCC3)C1=O. The summed E-state index contributed by atoms with van der Waals surface area (Å²) in [6.07, 6.45) is 4.16. The van der Waals surface area contributed by atoms with Gasteiger partial charge in [0.25, 0.3) is 11.6 Å². The number of fused-ring (bicyclic) bond motifs is 1. The van der Waals surface area contributed by atoms with Gasteiger partial charge < -0.3 is 5.32 Å². The molecule has 154 valence electrons. The third kappa shape index (κ3) is 3.34. The highest BCUT2D eigenvalue weighted by molar-refractivity contribution is 6.11. The summed E-state index contributed by atoms with van der Waals surface area (Å²) in [7, 11) is 0. The molecule has 4 rings (SSSR count). The van der Waals surface area contributed by atoms with Gasteiger partial charge in [-0.15, -0.1) is 0 Å². The molecule has 1 aliphatic carbocycles. The van der Waals surface area contributed by atoms with Crippen molar-refractivity contribution in [2.75, 3.05) is 6.54 Å². The Morgan fingerprint density at radius 2 is 1.77 bits per heavy atom. The minimum Gasteiger partial charge on any atom is -0.319 e. The van der Waals surface area contributed by atoms with E-state index >= 15 is 0 Å². The van der Waals surface area contributed by atoms with Crippen LogP contribution in [-0.2, 0) is 23.2 Å². The minimum atomic E-state index is -1.39. The number of urea groups is 1. The molecular weight excluding hydrogens is 386 g/mol. The van der Waals surface area contributed by atoms with Crippen LogP contribution in [0.15, 0.2) is 42.5 Å². The number of ketones is 1. The van der Waals surface area contributed by atoms with Crippen LogP contribution in [0.25, 0.3) is 0 Å². The van der Waals surface area contributed by atoms with E-state index in [-0.39, 0.29) is 18.0 Å². The lowest BCUT2D eigenvalue weighted by atomic mass is 9.89. The van der Waals surface area contributed by atoms with E-state index in [9.17, 15) is 24.5 Å². The first-order chi connectivity index (χ1) is 14.3. The van der Waals surface area contributed by atoms with Gasteiger partial charge in [0.15, 0.2) is 5.78 Å². The lowest BCUT2D eigenvalue weighted by Crippen LogP contribution is -2.41. The summed E-state index contributed by atoms with van der Waals surface area (Å²) in [5.41, 5.74) is 1.80. The number of nitrogens with zero attached hydrogens (tertiary/aromatic N) is 2. The topological polar surface area (TPSA) is 110 Å². The van der Waals surface area contributed by atoms with Crippen molar-refractivity contribution < 1.29 is 19.3 Å². The number of hydrogen-bond acceptors (Lipinski definition) is 5. The smallest absolute Gasteiger partial charge is 0.319 e. The molecule has 1 N–H and O–H groups in total. The van der Waals surface area contributed by atoms with Gasteiger partial charge in [-0.05, 0) is 67.5 Å². The summed E-state index contributed by atoms with van der Waals surface area (Å²) < 4.78 is 0. The van der Waals surface area contributed by atoms with Gasteiger partial charge in [0, 0.05) is 17.7 Å². The van der Waals surface area contributed by atoms with Crippen molar-refractivity contribution in [3.05, 3.63) is 74.8 Å². The average Bonchev–Trinajstić information content (AvgIpc) is 2.97. The van der Waals surface area contributed by atoms with Gasteiger partial charge in [-0.1, -0.05) is 12.1 Å². The van der Waals surface area contributed by atoms with E-state index in [2.05, 4.69) is 5.32 Å². The zero-order chi connectivity index (χ0) is 21.5. The molecule has 1 aliphatic heterocycles. The average molecular weight is 407 g/mol. The lowest BCUT2D eigenvalue weighted by molar-refractivity contribution is -0.384. The third-order valence-electron chi connectivity index (χ3n) is 5.90. The van der Waals surface area contributed by atoms with Crippen molar-refractivity contribution in [2.24, 2.45) is 0 Å². The quantitative estimate of drug-likeness (QED) is 0.354. The molecule has 1 atom stereocenters. The predicted octanol–water partition coefficient (Wildman–Crippen LogP) is 3.12. The molecule has 30 heavy (non-hydrogen) atoms. The van der Waals surface area contributed by atoms with Gasteiger partial charge >= 0.3 is 6.03 Å². The molecule has 2 aliphatic rings. The number of Topliss-reactive ketones (excluding diaryl/α,β-unsaturated/α-hetero) is 1. The lowest BCUT2D eigenvalue weighted by Gasteiger charge is -2.22. The minimum absolute atomic E-state index is 0.112. The molecule has 2 aromatic rings. The number of amides is 3. The summed E-state index contributed by atoms with van der Waals surface area (Å²) in [6, 6.07) is 10.3. The van der Waals surface area contributed by atoms with Crippen LogP contribution >= 0.6 is 0 Å². The highest BCUT2D eigenvalue weighted by Gasteiger charge is 2.49. The molecule has 0 saturated carbocycles. The molecule has 1 heterocycles. The Kier molecular flexibility index (Phi) is 4.85. The maximum atomic E-state index is 13.0. The van der Waals surface area contributed by atoms with Gasteiger partial charge in [-0.25, -0.2) is 4.79 Å². The second-order valence-corrected chi connectivity index (χ2v) is 7.86. The molecule has 1 saturated heterocycles. The molecule has 8 nitrogen and oxygen atoms in total. The van der Waals surface area contributed by atoms with Gasteiger partial charge in [0.05, 0.1) is 11.5 Å². The number of aryl methyl sites for hydroxylation is 2. The number of nitrogens with one attached hydrogen (secondary N) is 1. The molecule has 3 amide bonds. The van der Waals surface area contributed by atoms with Gasteiger partial charge in [-0.2, -0.15) is 0 Å². The zero-order valence-electron chi connectivity index (χ0n) is 16.5. The molecule has 8 heteroatoms. The van der Waals surface area contributed by atoms with Crippen molar-refractivity contribution in [2.45, 2.75) is 38.1 Å². The van der Waals surface area contributed by atoms with E-state index in [1.165, 1.54) is 36.8 Å². The standard InChI is InChI=1S/C22H21N3O5/c1-22(17-8-10-18(11-9-17)25(29)30)20(27)24(21(28)23-22)13-19(26)16-7-6-14-4-2-3-5-15(14)12-16/h6-12H,2-5,13H2,1H3,(H,23,28)/t22-/m1/s1. The molecule has 0 spiro atoms. The first-order valence-corrected chi connectivity index (χ1v) is 9.83. The van der Waals surface area contributed by atoms with Crippen LogP contribution in [0.4, 0.5) is 10.5 Å². The van der Waals surface area contributed by atoms with Crippen LogP contribution in [0.2, 0.25) is 0 Å². The Morgan fingerprint density at radius 3 is 2.43 bits per heavy atom. The van der Waals surface area contributed by atoms with E-state index in [0.29, 0.717) is 11.1 Å². The van der Waals surface area contributed by atoms with E-state index < -0.39 is 22.4 Å². The van der Waals surface area contributed by atoms with Crippen LogP contribution in [0.5, 0.6) is 0 Å². The Labute approximate surface area is 173 Å². The Hall–Kier alpha value is -3.55. The Balaban J connectivity index is 1.54. The van der Waals surface area contributed by atoms with Crippen LogP contribution < -0.4 is 5.32 Å². The number of benzene rings is 2. The summed E-state index contributed by atoms with van der Waals surface area (Å²) in [5, 5.41) is 13.5. The monoisotopic (exact) mass is 407 g/mol. The molecule has 0 bridgehead atoms. The zero-order valence-corrected chi connectivity index (χ0v) is 16.5. The number of nitro benzene ring substituents is 1. The van der Waals surface area contributed by atoms with Crippen molar-refractivity contribution in [3.63, 3.8) is 0 Å².